The highest BCUT2D eigenvalue weighted by Gasteiger charge is 2.44. The van der Waals surface area contributed by atoms with E-state index in [-0.39, 0.29) is 6.61 Å². The van der Waals surface area contributed by atoms with Crippen LogP contribution in [0.25, 0.3) is 0 Å². The minimum Gasteiger partial charge on any atom is -0.394 e. The number of ether oxygens (including phenoxy) is 2. The number of hydrogen-bond donors (Lipinski definition) is 7. The molecule has 0 aromatic heterocycles. The van der Waals surface area contributed by atoms with Gasteiger partial charge in [-0.3, -0.25) is 4.79 Å². The Morgan fingerprint density at radius 1 is 0.540 bits per heavy atom. The zero-order valence-corrected chi connectivity index (χ0v) is 40.7. The molecule has 1 amide bonds. The average Bonchev–Trinajstić information content (AvgIpc) is 3.28. The van der Waals surface area contributed by atoms with Crippen LogP contribution in [0.1, 0.15) is 245 Å². The lowest BCUT2D eigenvalue weighted by Crippen LogP contribution is -2.60. The quantitative estimate of drug-likeness (QED) is 0.0232. The summed E-state index contributed by atoms with van der Waals surface area (Å²) in [4.78, 5) is 13.1. The summed E-state index contributed by atoms with van der Waals surface area (Å²) in [6, 6.07) is -0.898. The summed E-state index contributed by atoms with van der Waals surface area (Å²) in [5.74, 6) is -0.589. The number of unbranched alkanes of at least 4 members (excludes halogenated alkanes) is 30. The molecule has 10 nitrogen and oxygen atoms in total. The summed E-state index contributed by atoms with van der Waals surface area (Å²) < 4.78 is 11.2. The molecule has 0 aliphatic carbocycles. The molecule has 1 rings (SSSR count). The molecule has 0 bridgehead atoms. The number of rotatable bonds is 45. The van der Waals surface area contributed by atoms with E-state index in [1.807, 2.05) is 0 Å². The molecule has 0 aromatic carbocycles. The van der Waals surface area contributed by atoms with Crippen LogP contribution in [0.2, 0.25) is 0 Å². The first-order valence-corrected chi connectivity index (χ1v) is 26.6. The molecule has 8 unspecified atom stereocenters. The van der Waals surface area contributed by atoms with Gasteiger partial charge in [0.25, 0.3) is 0 Å². The molecule has 0 spiro atoms. The number of hydrogen-bond acceptors (Lipinski definition) is 9. The van der Waals surface area contributed by atoms with Crippen molar-refractivity contribution in [1.82, 2.24) is 5.32 Å². The highest BCUT2D eigenvalue weighted by Crippen LogP contribution is 2.23. The smallest absolute Gasteiger partial charge is 0.249 e. The van der Waals surface area contributed by atoms with Gasteiger partial charge in [-0.25, -0.2) is 0 Å². The number of aliphatic hydroxyl groups excluding tert-OH is 6. The number of carbonyl (C=O) groups excluding carboxylic acids is 1. The van der Waals surface area contributed by atoms with Crippen LogP contribution in [-0.2, 0) is 14.3 Å². The molecule has 0 radical (unpaired) electrons. The lowest BCUT2D eigenvalue weighted by Gasteiger charge is -2.40. The van der Waals surface area contributed by atoms with Gasteiger partial charge in [-0.05, 0) is 44.9 Å². The maximum absolute atomic E-state index is 13.1. The van der Waals surface area contributed by atoms with Crippen molar-refractivity contribution in [3.63, 3.8) is 0 Å². The Morgan fingerprint density at radius 2 is 0.937 bits per heavy atom. The van der Waals surface area contributed by atoms with Crippen LogP contribution in [0.5, 0.6) is 0 Å². The van der Waals surface area contributed by atoms with Crippen molar-refractivity contribution in [3.05, 3.63) is 24.3 Å². The van der Waals surface area contributed by atoms with Crippen LogP contribution in [0.15, 0.2) is 24.3 Å². The lowest BCUT2D eigenvalue weighted by atomic mass is 9.99. The highest BCUT2D eigenvalue weighted by molar-refractivity contribution is 5.80. The predicted octanol–water partition coefficient (Wildman–Crippen LogP) is 11.2. The van der Waals surface area contributed by atoms with E-state index in [1.54, 1.807) is 0 Å². The first-order valence-electron chi connectivity index (χ1n) is 26.6. The monoisotopic (exact) mass is 896 g/mol. The Balaban J connectivity index is 2.31. The topological polar surface area (TPSA) is 169 Å². The van der Waals surface area contributed by atoms with E-state index in [4.69, 9.17) is 9.47 Å². The number of amides is 1. The second-order valence-corrected chi connectivity index (χ2v) is 18.8. The molecule has 7 N–H and O–H groups in total. The molecule has 1 aliphatic rings. The fourth-order valence-corrected chi connectivity index (χ4v) is 8.55. The number of allylic oxidation sites excluding steroid dienone is 4. The highest BCUT2D eigenvalue weighted by atomic mass is 16.7. The minimum absolute atomic E-state index is 0.257. The van der Waals surface area contributed by atoms with E-state index in [9.17, 15) is 35.4 Å². The standard InChI is InChI=1S/C53H101NO9/c1-3-5-7-9-11-13-15-17-19-21-22-23-24-25-26-28-30-32-34-36-38-40-42-47(57)52(61)54-45(44-62-53-51(60)50(59)49(58)48(43-55)63-53)46(56)41-39-37-35-33-31-29-27-20-18-16-14-12-10-8-6-4-2/h22-23,25-26,45-51,53,55-60H,3-21,24,27-44H2,1-2H3,(H,54,61)/b23-22-,26-25-. The third kappa shape index (κ3) is 32.9. The van der Waals surface area contributed by atoms with Crippen LogP contribution in [0, 0.1) is 0 Å². The van der Waals surface area contributed by atoms with Crippen molar-refractivity contribution < 1.29 is 44.9 Å². The Labute approximate surface area is 386 Å². The average molecular weight is 896 g/mol. The van der Waals surface area contributed by atoms with Gasteiger partial charge >= 0.3 is 0 Å². The van der Waals surface area contributed by atoms with E-state index >= 15 is 0 Å². The third-order valence-corrected chi connectivity index (χ3v) is 12.9. The second-order valence-electron chi connectivity index (χ2n) is 18.8. The molecule has 63 heavy (non-hydrogen) atoms. The van der Waals surface area contributed by atoms with Crippen LogP contribution < -0.4 is 5.32 Å². The van der Waals surface area contributed by atoms with Gasteiger partial charge in [0.2, 0.25) is 5.91 Å². The Hall–Kier alpha value is -1.37. The first-order chi connectivity index (χ1) is 30.8. The van der Waals surface area contributed by atoms with E-state index in [0.29, 0.717) is 19.3 Å². The molecule has 10 heteroatoms. The molecule has 0 saturated carbocycles. The van der Waals surface area contributed by atoms with Crippen molar-refractivity contribution in [3.8, 4) is 0 Å². The summed E-state index contributed by atoms with van der Waals surface area (Å²) in [7, 11) is 0. The van der Waals surface area contributed by atoms with Crippen molar-refractivity contribution >= 4 is 5.91 Å². The van der Waals surface area contributed by atoms with Gasteiger partial charge in [-0.2, -0.15) is 0 Å². The number of carbonyl (C=O) groups is 1. The van der Waals surface area contributed by atoms with Crippen LogP contribution in [0.3, 0.4) is 0 Å². The molecule has 8 atom stereocenters. The summed E-state index contributed by atoms with van der Waals surface area (Å²) in [6.45, 7) is 3.68. The molecule has 1 heterocycles. The fourth-order valence-electron chi connectivity index (χ4n) is 8.55. The van der Waals surface area contributed by atoms with Crippen molar-refractivity contribution in [2.24, 2.45) is 0 Å². The predicted molar refractivity (Wildman–Crippen MR) is 260 cm³/mol. The third-order valence-electron chi connectivity index (χ3n) is 12.9. The maximum Gasteiger partial charge on any atom is 0.249 e. The van der Waals surface area contributed by atoms with Gasteiger partial charge in [0.05, 0.1) is 25.4 Å². The van der Waals surface area contributed by atoms with Crippen molar-refractivity contribution in [1.29, 1.82) is 0 Å². The van der Waals surface area contributed by atoms with E-state index in [1.165, 1.54) is 141 Å². The number of aliphatic hydroxyl groups is 6. The minimum atomic E-state index is -1.60. The molecule has 372 valence electrons. The van der Waals surface area contributed by atoms with Gasteiger partial charge < -0.3 is 45.4 Å². The maximum atomic E-state index is 13.1. The Morgan fingerprint density at radius 3 is 1.37 bits per heavy atom. The van der Waals surface area contributed by atoms with Crippen LogP contribution in [0.4, 0.5) is 0 Å². The van der Waals surface area contributed by atoms with Crippen LogP contribution in [-0.4, -0.2) is 98.7 Å². The van der Waals surface area contributed by atoms with Gasteiger partial charge in [-0.15, -0.1) is 0 Å². The molecule has 1 saturated heterocycles. The Bertz CT molecular complexity index is 1060. The lowest BCUT2D eigenvalue weighted by molar-refractivity contribution is -0.302. The van der Waals surface area contributed by atoms with Crippen LogP contribution >= 0.6 is 0 Å². The van der Waals surface area contributed by atoms with Gasteiger partial charge in [0.1, 0.15) is 30.5 Å². The molecular weight excluding hydrogens is 795 g/mol. The number of nitrogens with one attached hydrogen (secondary N) is 1. The largest absolute Gasteiger partial charge is 0.394 e. The zero-order chi connectivity index (χ0) is 46.0. The van der Waals surface area contributed by atoms with E-state index in [2.05, 4.69) is 43.5 Å². The van der Waals surface area contributed by atoms with Gasteiger partial charge in [0, 0.05) is 0 Å². The summed E-state index contributed by atoms with van der Waals surface area (Å²) in [5.41, 5.74) is 0. The second kappa shape index (κ2) is 43.2. The summed E-state index contributed by atoms with van der Waals surface area (Å²) >= 11 is 0. The SMILES string of the molecule is CCCCCCCCCCC/C=C\C/C=C\CCCCCCCCC(O)C(=O)NC(COC1OC(CO)C(O)C(O)C1O)C(O)CCCCCCCCCCCCCCCCCC. The normalized spacial score (nSPS) is 20.8. The van der Waals surface area contributed by atoms with Gasteiger partial charge in [-0.1, -0.05) is 224 Å². The molecular formula is C53H101NO9. The van der Waals surface area contributed by atoms with Crippen molar-refractivity contribution in [2.45, 2.75) is 294 Å². The van der Waals surface area contributed by atoms with E-state index < -0.39 is 61.5 Å². The zero-order valence-electron chi connectivity index (χ0n) is 40.7. The fraction of sp³-hybridized carbons (Fsp3) is 0.906. The van der Waals surface area contributed by atoms with E-state index in [0.717, 1.165) is 70.6 Å². The molecule has 1 fully saturated rings. The molecule has 0 aromatic rings. The molecule has 1 aliphatic heterocycles. The summed E-state index contributed by atoms with van der Waals surface area (Å²) in [6.07, 6.45) is 42.2. The Kier molecular flexibility index (Phi) is 40.9. The summed E-state index contributed by atoms with van der Waals surface area (Å²) in [5, 5.41) is 65.1. The first kappa shape index (κ1) is 59.6. The van der Waals surface area contributed by atoms with Gasteiger partial charge in [0.15, 0.2) is 6.29 Å². The van der Waals surface area contributed by atoms with Crippen molar-refractivity contribution in [2.75, 3.05) is 13.2 Å².